The first-order chi connectivity index (χ1) is 14.2. The second kappa shape index (κ2) is 8.83. The van der Waals surface area contributed by atoms with Crippen molar-refractivity contribution in [2.45, 2.75) is 37.1 Å². The zero-order valence-electron chi connectivity index (χ0n) is 16.8. The van der Waals surface area contributed by atoms with Crippen LogP contribution in [0.1, 0.15) is 31.7 Å². The minimum atomic E-state index is -4.00. The van der Waals surface area contributed by atoms with Crippen molar-refractivity contribution in [3.05, 3.63) is 71.2 Å². The van der Waals surface area contributed by atoms with Gasteiger partial charge in [-0.15, -0.1) is 6.58 Å². The third-order valence-corrected chi connectivity index (χ3v) is 7.44. The number of hydrogen-bond donors (Lipinski definition) is 0. The van der Waals surface area contributed by atoms with E-state index in [-0.39, 0.29) is 17.9 Å². The van der Waals surface area contributed by atoms with Crippen LogP contribution < -0.4 is 4.90 Å². The number of sulfonamides is 1. The Morgan fingerprint density at radius 1 is 1.13 bits per heavy atom. The summed E-state index contributed by atoms with van der Waals surface area (Å²) < 4.78 is 28.2. The molecule has 1 unspecified atom stereocenters. The minimum Gasteiger partial charge on any atom is -0.274 e. The molecule has 2 amide bonds. The summed E-state index contributed by atoms with van der Waals surface area (Å²) in [7, 11) is -4.00. The van der Waals surface area contributed by atoms with Gasteiger partial charge in [-0.25, -0.2) is 13.3 Å². The summed E-state index contributed by atoms with van der Waals surface area (Å²) in [5.41, 5.74) is 1.52. The summed E-state index contributed by atoms with van der Waals surface area (Å²) in [4.78, 5) is 26.9. The molecule has 1 saturated heterocycles. The first-order valence-corrected chi connectivity index (χ1v) is 11.7. The molecule has 0 N–H and O–H groups in total. The Kier molecular flexibility index (Phi) is 6.59. The fourth-order valence-electron chi connectivity index (χ4n) is 3.38. The van der Waals surface area contributed by atoms with Gasteiger partial charge in [0, 0.05) is 11.0 Å². The SMILES string of the molecule is C=CCN(C1CC(=O)N(c2ccc(C(C)C)cc2)C1=O)S(=O)(=O)c1ccc(Br)cc1. The Labute approximate surface area is 185 Å². The molecule has 2 aromatic carbocycles. The van der Waals surface area contributed by atoms with E-state index in [9.17, 15) is 18.0 Å². The highest BCUT2D eigenvalue weighted by Crippen LogP contribution is 2.30. The maximum absolute atomic E-state index is 13.2. The van der Waals surface area contributed by atoms with E-state index in [0.717, 1.165) is 19.2 Å². The lowest BCUT2D eigenvalue weighted by atomic mass is 10.0. The molecule has 1 aliphatic heterocycles. The van der Waals surface area contributed by atoms with E-state index < -0.39 is 27.9 Å². The third kappa shape index (κ3) is 4.26. The van der Waals surface area contributed by atoms with Gasteiger partial charge in [0.2, 0.25) is 15.9 Å². The number of nitrogens with zero attached hydrogens (tertiary/aromatic N) is 2. The van der Waals surface area contributed by atoms with Gasteiger partial charge in [0.1, 0.15) is 6.04 Å². The standard InChI is InChI=1S/C22H23BrN2O4S/c1-4-13-24(30(28,29)19-11-7-17(23)8-12-19)20-14-21(26)25(22(20)27)18-9-5-16(6-10-18)15(2)3/h4-12,15,20H,1,13-14H2,2-3H3. The van der Waals surface area contributed by atoms with E-state index in [2.05, 4.69) is 36.4 Å². The van der Waals surface area contributed by atoms with Crippen LogP contribution in [-0.2, 0) is 19.6 Å². The number of rotatable bonds is 7. The Bertz CT molecular complexity index is 1060. The number of carbonyl (C=O) groups is 2. The highest BCUT2D eigenvalue weighted by Gasteiger charge is 2.46. The molecule has 0 bridgehead atoms. The zero-order chi connectivity index (χ0) is 22.1. The number of anilines is 1. The molecule has 1 aliphatic rings. The maximum Gasteiger partial charge on any atom is 0.252 e. The number of benzene rings is 2. The molecule has 3 rings (SSSR count). The van der Waals surface area contributed by atoms with Gasteiger partial charge in [-0.2, -0.15) is 4.31 Å². The molecule has 158 valence electrons. The van der Waals surface area contributed by atoms with Crippen molar-refractivity contribution in [2.75, 3.05) is 11.4 Å². The van der Waals surface area contributed by atoms with E-state index >= 15 is 0 Å². The van der Waals surface area contributed by atoms with Crippen molar-refractivity contribution in [2.24, 2.45) is 0 Å². The van der Waals surface area contributed by atoms with Crippen LogP contribution in [0, 0.1) is 0 Å². The molecule has 6 nitrogen and oxygen atoms in total. The van der Waals surface area contributed by atoms with Crippen molar-refractivity contribution < 1.29 is 18.0 Å². The number of amides is 2. The Balaban J connectivity index is 1.94. The summed E-state index contributed by atoms with van der Waals surface area (Å²) in [5.74, 6) is -0.668. The highest BCUT2D eigenvalue weighted by molar-refractivity contribution is 9.10. The Hall–Kier alpha value is -2.29. The largest absolute Gasteiger partial charge is 0.274 e. The van der Waals surface area contributed by atoms with Crippen LogP contribution in [0.25, 0.3) is 0 Å². The molecular formula is C22H23BrN2O4S. The molecule has 1 heterocycles. The van der Waals surface area contributed by atoms with Crippen molar-refractivity contribution in [1.82, 2.24) is 4.31 Å². The van der Waals surface area contributed by atoms with Gasteiger partial charge >= 0.3 is 0 Å². The lowest BCUT2D eigenvalue weighted by molar-refractivity contribution is -0.122. The molecule has 1 fully saturated rings. The normalized spacial score (nSPS) is 17.2. The molecule has 0 saturated carbocycles. The molecule has 0 aliphatic carbocycles. The van der Waals surface area contributed by atoms with E-state index in [0.29, 0.717) is 11.6 Å². The van der Waals surface area contributed by atoms with Crippen LogP contribution in [0.4, 0.5) is 5.69 Å². The smallest absolute Gasteiger partial charge is 0.252 e. The van der Waals surface area contributed by atoms with Gasteiger partial charge < -0.3 is 0 Å². The van der Waals surface area contributed by atoms with E-state index in [1.54, 1.807) is 24.3 Å². The van der Waals surface area contributed by atoms with Crippen LogP contribution in [0.15, 0.2) is 70.6 Å². The minimum absolute atomic E-state index is 0.0486. The highest BCUT2D eigenvalue weighted by atomic mass is 79.9. The van der Waals surface area contributed by atoms with Crippen LogP contribution in [0.5, 0.6) is 0 Å². The Morgan fingerprint density at radius 3 is 2.27 bits per heavy atom. The van der Waals surface area contributed by atoms with Crippen LogP contribution >= 0.6 is 15.9 Å². The summed E-state index contributed by atoms with van der Waals surface area (Å²) in [6, 6.07) is 12.2. The topological polar surface area (TPSA) is 74.8 Å². The number of imide groups is 1. The fraction of sp³-hybridized carbons (Fsp3) is 0.273. The molecule has 0 spiro atoms. The number of halogens is 1. The van der Waals surface area contributed by atoms with Gasteiger partial charge in [0.25, 0.3) is 5.91 Å². The fourth-order valence-corrected chi connectivity index (χ4v) is 5.20. The molecule has 1 atom stereocenters. The first-order valence-electron chi connectivity index (χ1n) is 9.52. The van der Waals surface area contributed by atoms with Gasteiger partial charge in [-0.1, -0.05) is 48.0 Å². The van der Waals surface area contributed by atoms with Crippen molar-refractivity contribution in [3.8, 4) is 0 Å². The predicted molar refractivity (Wildman–Crippen MR) is 120 cm³/mol. The molecule has 2 aromatic rings. The van der Waals surface area contributed by atoms with Gasteiger partial charge in [0.15, 0.2) is 0 Å². The lowest BCUT2D eigenvalue weighted by Gasteiger charge is -2.25. The number of hydrogen-bond acceptors (Lipinski definition) is 4. The molecule has 8 heteroatoms. The molecule has 30 heavy (non-hydrogen) atoms. The van der Waals surface area contributed by atoms with Gasteiger partial charge in [-0.05, 0) is 47.9 Å². The second-order valence-corrected chi connectivity index (χ2v) is 10.2. The zero-order valence-corrected chi connectivity index (χ0v) is 19.2. The Morgan fingerprint density at radius 2 is 1.73 bits per heavy atom. The van der Waals surface area contributed by atoms with E-state index in [1.807, 2.05) is 12.1 Å². The average molecular weight is 491 g/mol. The third-order valence-electron chi connectivity index (χ3n) is 5.02. The maximum atomic E-state index is 13.2. The summed E-state index contributed by atoms with van der Waals surface area (Å²) in [6.07, 6.45) is 1.20. The van der Waals surface area contributed by atoms with E-state index in [4.69, 9.17) is 0 Å². The monoisotopic (exact) mass is 490 g/mol. The molecular weight excluding hydrogens is 468 g/mol. The van der Waals surface area contributed by atoms with Crippen molar-refractivity contribution in [3.63, 3.8) is 0 Å². The lowest BCUT2D eigenvalue weighted by Crippen LogP contribution is -2.45. The van der Waals surface area contributed by atoms with Crippen LogP contribution in [-0.4, -0.2) is 37.1 Å². The first kappa shape index (κ1) is 22.4. The summed E-state index contributed by atoms with van der Waals surface area (Å²) >= 11 is 3.28. The van der Waals surface area contributed by atoms with Crippen molar-refractivity contribution in [1.29, 1.82) is 0 Å². The predicted octanol–water partition coefficient (Wildman–Crippen LogP) is 4.08. The molecule has 0 radical (unpaired) electrons. The van der Waals surface area contributed by atoms with Crippen LogP contribution in [0.2, 0.25) is 0 Å². The van der Waals surface area contributed by atoms with Crippen LogP contribution in [0.3, 0.4) is 0 Å². The quantitative estimate of drug-likeness (QED) is 0.432. The van der Waals surface area contributed by atoms with E-state index in [1.165, 1.54) is 18.2 Å². The van der Waals surface area contributed by atoms with Gasteiger partial charge in [-0.3, -0.25) is 9.59 Å². The molecule has 0 aromatic heterocycles. The summed E-state index contributed by atoms with van der Waals surface area (Å²) in [6.45, 7) is 7.64. The van der Waals surface area contributed by atoms with Crippen molar-refractivity contribution >= 4 is 43.5 Å². The summed E-state index contributed by atoms with van der Waals surface area (Å²) in [5, 5.41) is 0. The second-order valence-electron chi connectivity index (χ2n) is 7.35. The van der Waals surface area contributed by atoms with Gasteiger partial charge in [0.05, 0.1) is 17.0 Å². The average Bonchev–Trinajstić information content (AvgIpc) is 3.00. The number of carbonyl (C=O) groups excluding carboxylic acids is 2.